The number of hydrogen-bond donors (Lipinski definition) is 1. The van der Waals surface area contributed by atoms with Gasteiger partial charge in [-0.2, -0.15) is 4.98 Å². The van der Waals surface area contributed by atoms with Gasteiger partial charge in [-0.05, 0) is 60.7 Å². The fourth-order valence-electron chi connectivity index (χ4n) is 3.36. The summed E-state index contributed by atoms with van der Waals surface area (Å²) in [6.07, 6.45) is 0. The summed E-state index contributed by atoms with van der Waals surface area (Å²) in [6.45, 7) is 0.855. The van der Waals surface area contributed by atoms with Crippen LogP contribution in [0.5, 0.6) is 23.0 Å². The number of benzene rings is 3. The second kappa shape index (κ2) is 9.53. The summed E-state index contributed by atoms with van der Waals surface area (Å²) in [6, 6.07) is 19.7. The molecule has 9 heteroatoms. The van der Waals surface area contributed by atoms with Crippen LogP contribution in [0.2, 0.25) is 0 Å². The lowest BCUT2D eigenvalue weighted by Crippen LogP contribution is -2.20. The highest BCUT2D eigenvalue weighted by Crippen LogP contribution is 2.32. The molecule has 1 amide bonds. The van der Waals surface area contributed by atoms with E-state index in [1.54, 1.807) is 49.6 Å². The van der Waals surface area contributed by atoms with E-state index in [0.717, 1.165) is 16.9 Å². The molecule has 1 aliphatic rings. The van der Waals surface area contributed by atoms with E-state index >= 15 is 0 Å². The number of methoxy groups -OCH3 is 1. The number of hydrogen-bond acceptors (Lipinski definition) is 8. The van der Waals surface area contributed by atoms with Crippen molar-refractivity contribution in [1.82, 2.24) is 10.1 Å². The zero-order valence-corrected chi connectivity index (χ0v) is 18.3. The summed E-state index contributed by atoms with van der Waals surface area (Å²) in [5.41, 5.74) is 2.16. The van der Waals surface area contributed by atoms with Crippen molar-refractivity contribution in [2.45, 2.75) is 0 Å². The van der Waals surface area contributed by atoms with Gasteiger partial charge in [0.05, 0.1) is 7.11 Å². The Morgan fingerprint density at radius 2 is 1.62 bits per heavy atom. The highest BCUT2D eigenvalue weighted by Gasteiger charge is 2.14. The van der Waals surface area contributed by atoms with Gasteiger partial charge in [-0.1, -0.05) is 5.16 Å². The maximum atomic E-state index is 12.3. The van der Waals surface area contributed by atoms with Crippen molar-refractivity contribution in [2.24, 2.45) is 0 Å². The SMILES string of the molecule is COc1ccc(-c2noc(-c3ccc(OCC(=O)Nc4ccc5c(c4)OCCO5)cc3)n2)cc1. The summed E-state index contributed by atoms with van der Waals surface area (Å²) in [5, 5.41) is 6.82. The second-order valence-corrected chi connectivity index (χ2v) is 7.37. The highest BCUT2D eigenvalue weighted by molar-refractivity contribution is 5.92. The van der Waals surface area contributed by atoms with Crippen molar-refractivity contribution < 1.29 is 28.3 Å². The molecule has 34 heavy (non-hydrogen) atoms. The van der Waals surface area contributed by atoms with Gasteiger partial charge in [0, 0.05) is 22.9 Å². The minimum Gasteiger partial charge on any atom is -0.497 e. The van der Waals surface area contributed by atoms with Crippen LogP contribution < -0.4 is 24.3 Å². The molecule has 0 unspecified atom stereocenters. The molecule has 0 saturated carbocycles. The Morgan fingerprint density at radius 1 is 0.912 bits per heavy atom. The quantitative estimate of drug-likeness (QED) is 0.438. The molecule has 4 aromatic rings. The molecule has 0 saturated heterocycles. The Labute approximate surface area is 195 Å². The number of carbonyl (C=O) groups is 1. The minimum atomic E-state index is -0.290. The van der Waals surface area contributed by atoms with Crippen LogP contribution >= 0.6 is 0 Å². The van der Waals surface area contributed by atoms with E-state index in [1.165, 1.54) is 0 Å². The van der Waals surface area contributed by atoms with E-state index in [1.807, 2.05) is 24.3 Å². The smallest absolute Gasteiger partial charge is 0.262 e. The Morgan fingerprint density at radius 3 is 2.38 bits per heavy atom. The van der Waals surface area contributed by atoms with Crippen LogP contribution in [0.1, 0.15) is 0 Å². The lowest BCUT2D eigenvalue weighted by Gasteiger charge is -2.19. The molecule has 0 radical (unpaired) electrons. The third kappa shape index (κ3) is 4.78. The number of ether oxygens (including phenoxy) is 4. The van der Waals surface area contributed by atoms with Crippen molar-refractivity contribution in [3.8, 4) is 45.8 Å². The summed E-state index contributed by atoms with van der Waals surface area (Å²) in [5.74, 6) is 3.14. The molecule has 3 aromatic carbocycles. The lowest BCUT2D eigenvalue weighted by atomic mass is 10.2. The topological polar surface area (TPSA) is 105 Å². The van der Waals surface area contributed by atoms with Gasteiger partial charge in [0.1, 0.15) is 24.7 Å². The maximum absolute atomic E-state index is 12.3. The number of amides is 1. The van der Waals surface area contributed by atoms with Gasteiger partial charge in [0.2, 0.25) is 5.82 Å². The first-order valence-electron chi connectivity index (χ1n) is 10.6. The highest BCUT2D eigenvalue weighted by atomic mass is 16.6. The number of aromatic nitrogens is 2. The van der Waals surface area contributed by atoms with Crippen molar-refractivity contribution >= 4 is 11.6 Å². The predicted octanol–water partition coefficient (Wildman–Crippen LogP) is 4.20. The normalized spacial score (nSPS) is 12.1. The largest absolute Gasteiger partial charge is 0.497 e. The number of rotatable bonds is 7. The molecule has 0 spiro atoms. The van der Waals surface area contributed by atoms with Crippen LogP contribution in [0.3, 0.4) is 0 Å². The lowest BCUT2D eigenvalue weighted by molar-refractivity contribution is -0.118. The Hall–Kier alpha value is -4.53. The first kappa shape index (κ1) is 21.3. The van der Waals surface area contributed by atoms with Crippen molar-refractivity contribution in [1.29, 1.82) is 0 Å². The van der Waals surface area contributed by atoms with Gasteiger partial charge in [0.15, 0.2) is 18.1 Å². The van der Waals surface area contributed by atoms with Gasteiger partial charge < -0.3 is 28.8 Å². The molecule has 0 fully saturated rings. The van der Waals surface area contributed by atoms with Crippen LogP contribution in [-0.4, -0.2) is 43.0 Å². The van der Waals surface area contributed by atoms with Crippen molar-refractivity contribution in [3.05, 3.63) is 66.7 Å². The van der Waals surface area contributed by atoms with Crippen LogP contribution in [0, 0.1) is 0 Å². The van der Waals surface area contributed by atoms with Gasteiger partial charge in [-0.3, -0.25) is 4.79 Å². The average molecular weight is 459 g/mol. The van der Waals surface area contributed by atoms with Crippen LogP contribution in [0.4, 0.5) is 5.69 Å². The number of carbonyl (C=O) groups excluding carboxylic acids is 1. The molecule has 2 heterocycles. The zero-order chi connectivity index (χ0) is 23.3. The number of nitrogens with one attached hydrogen (secondary N) is 1. The van der Waals surface area contributed by atoms with E-state index in [2.05, 4.69) is 15.5 Å². The van der Waals surface area contributed by atoms with E-state index in [0.29, 0.717) is 47.9 Å². The fraction of sp³-hybridized carbons (Fsp3) is 0.160. The standard InChI is InChI=1S/C25H21N3O6/c1-30-19-7-2-16(3-8-19)24-27-25(34-28-24)17-4-9-20(10-5-17)33-15-23(29)26-18-6-11-21-22(14-18)32-13-12-31-21/h2-11,14H,12-13,15H2,1H3,(H,26,29). The van der Waals surface area contributed by atoms with Gasteiger partial charge in [-0.15, -0.1) is 0 Å². The second-order valence-electron chi connectivity index (χ2n) is 7.37. The Balaban J connectivity index is 1.17. The van der Waals surface area contributed by atoms with E-state index in [-0.39, 0.29) is 12.5 Å². The summed E-state index contributed by atoms with van der Waals surface area (Å²) in [4.78, 5) is 16.7. The van der Waals surface area contributed by atoms with Crippen molar-refractivity contribution in [2.75, 3.05) is 32.2 Å². The van der Waals surface area contributed by atoms with Crippen LogP contribution in [0.15, 0.2) is 71.3 Å². The van der Waals surface area contributed by atoms with Crippen molar-refractivity contribution in [3.63, 3.8) is 0 Å². The molecule has 1 N–H and O–H groups in total. The third-order valence-corrected chi connectivity index (χ3v) is 5.07. The first-order valence-corrected chi connectivity index (χ1v) is 10.6. The number of nitrogens with zero attached hydrogens (tertiary/aromatic N) is 2. The molecule has 0 atom stereocenters. The first-order chi connectivity index (χ1) is 16.7. The average Bonchev–Trinajstić information content (AvgIpc) is 3.38. The number of anilines is 1. The van der Waals surface area contributed by atoms with Crippen LogP contribution in [0.25, 0.3) is 22.8 Å². The summed E-state index contributed by atoms with van der Waals surface area (Å²) in [7, 11) is 1.61. The molecular weight excluding hydrogens is 438 g/mol. The number of fused-ring (bicyclic) bond motifs is 1. The van der Waals surface area contributed by atoms with Gasteiger partial charge in [0.25, 0.3) is 11.8 Å². The molecule has 5 rings (SSSR count). The molecule has 0 bridgehead atoms. The minimum absolute atomic E-state index is 0.143. The summed E-state index contributed by atoms with van der Waals surface area (Å²) >= 11 is 0. The fourth-order valence-corrected chi connectivity index (χ4v) is 3.36. The predicted molar refractivity (Wildman–Crippen MR) is 123 cm³/mol. The summed E-state index contributed by atoms with van der Waals surface area (Å²) < 4.78 is 27.2. The molecule has 1 aromatic heterocycles. The van der Waals surface area contributed by atoms with Gasteiger partial charge >= 0.3 is 0 Å². The molecular formula is C25H21N3O6. The molecule has 1 aliphatic heterocycles. The van der Waals surface area contributed by atoms with E-state index in [9.17, 15) is 4.79 Å². The van der Waals surface area contributed by atoms with Crippen LogP contribution in [-0.2, 0) is 4.79 Å². The maximum Gasteiger partial charge on any atom is 0.262 e. The molecule has 0 aliphatic carbocycles. The van der Waals surface area contributed by atoms with E-state index < -0.39 is 0 Å². The molecule has 172 valence electrons. The third-order valence-electron chi connectivity index (χ3n) is 5.07. The zero-order valence-electron chi connectivity index (χ0n) is 18.3. The Bertz CT molecular complexity index is 1290. The molecule has 9 nitrogen and oxygen atoms in total. The Kier molecular flexibility index (Phi) is 5.98. The monoisotopic (exact) mass is 459 g/mol. The van der Waals surface area contributed by atoms with Gasteiger partial charge in [-0.25, -0.2) is 0 Å². The van der Waals surface area contributed by atoms with E-state index in [4.69, 9.17) is 23.5 Å².